The molecule has 2 aromatic rings. The van der Waals surface area contributed by atoms with Crippen LogP contribution in [0.1, 0.15) is 50.4 Å². The molecule has 0 atom stereocenters. The molecule has 112 valence electrons. The molecule has 0 saturated heterocycles. The highest BCUT2D eigenvalue weighted by atomic mass is 32.1. The highest BCUT2D eigenvalue weighted by molar-refractivity contribution is 7.17. The van der Waals surface area contributed by atoms with Crippen LogP contribution in [0.5, 0.6) is 0 Å². The molecule has 0 spiro atoms. The van der Waals surface area contributed by atoms with Crippen LogP contribution in [0.3, 0.4) is 0 Å². The summed E-state index contributed by atoms with van der Waals surface area (Å²) in [7, 11) is 1.32. The lowest BCUT2D eigenvalue weighted by Gasteiger charge is -1.99. The Kier molecular flexibility index (Phi) is 4.74. The van der Waals surface area contributed by atoms with Crippen LogP contribution in [0, 0.1) is 6.92 Å². The lowest BCUT2D eigenvalue weighted by molar-refractivity contribution is 0.0605. The number of nitrogens with zero attached hydrogens (tertiary/aromatic N) is 1. The molecule has 0 saturated carbocycles. The maximum absolute atomic E-state index is 12.2. The predicted molar refractivity (Wildman–Crippen MR) is 84.6 cm³/mol. The quantitative estimate of drug-likeness (QED) is 0.871. The first-order chi connectivity index (χ1) is 9.92. The molecule has 5 nitrogen and oxygen atoms in total. The number of thiophene rings is 1. The molecule has 0 aliphatic rings. The van der Waals surface area contributed by atoms with E-state index in [9.17, 15) is 9.59 Å². The average molecular weight is 324 g/mol. The van der Waals surface area contributed by atoms with Gasteiger partial charge in [-0.1, -0.05) is 25.2 Å². The summed E-state index contributed by atoms with van der Waals surface area (Å²) in [6, 6.07) is 1.88. The Balaban J connectivity index is 2.14. The molecule has 2 rings (SSSR count). The first-order valence-corrected chi connectivity index (χ1v) is 8.07. The summed E-state index contributed by atoms with van der Waals surface area (Å²) in [6.07, 6.45) is 0. The number of aromatic nitrogens is 1. The number of ether oxygens (including phenoxy) is 1. The van der Waals surface area contributed by atoms with Crippen molar-refractivity contribution < 1.29 is 14.3 Å². The number of amides is 1. The number of hydrogen-bond donors (Lipinski definition) is 1. The Morgan fingerprint density at radius 1 is 1.38 bits per heavy atom. The molecule has 7 heteroatoms. The van der Waals surface area contributed by atoms with E-state index in [0.717, 1.165) is 16.2 Å². The van der Waals surface area contributed by atoms with Gasteiger partial charge in [0.25, 0.3) is 5.91 Å². The van der Waals surface area contributed by atoms with Crippen molar-refractivity contribution in [2.24, 2.45) is 0 Å². The molecule has 0 radical (unpaired) electrons. The summed E-state index contributed by atoms with van der Waals surface area (Å²) in [5.41, 5.74) is 1.16. The number of thiazole rings is 1. The van der Waals surface area contributed by atoms with Gasteiger partial charge in [0, 0.05) is 10.3 Å². The molecule has 2 heterocycles. The van der Waals surface area contributed by atoms with Crippen LogP contribution in [0.2, 0.25) is 0 Å². The van der Waals surface area contributed by atoms with Crippen molar-refractivity contribution in [1.29, 1.82) is 0 Å². The monoisotopic (exact) mass is 324 g/mol. The minimum Gasteiger partial charge on any atom is -0.465 e. The van der Waals surface area contributed by atoms with Crippen molar-refractivity contribution in [2.45, 2.75) is 26.7 Å². The smallest absolute Gasteiger partial charge is 0.350 e. The maximum atomic E-state index is 12.2. The number of rotatable bonds is 4. The molecule has 0 bridgehead atoms. The molecule has 2 aromatic heterocycles. The fourth-order valence-corrected chi connectivity index (χ4v) is 3.46. The zero-order valence-electron chi connectivity index (χ0n) is 12.2. The standard InChI is InChI=1S/C14H16N2O3S2/c1-7(2)10-5-9(6-20-10)12(17)16-14-15-8(3)11(21-14)13(18)19-4/h5-7H,1-4H3,(H,15,16,17). The van der Waals surface area contributed by atoms with Gasteiger partial charge >= 0.3 is 5.97 Å². The topological polar surface area (TPSA) is 68.3 Å². The SMILES string of the molecule is COC(=O)c1sc(NC(=O)c2csc(C(C)C)c2)nc1C. The van der Waals surface area contributed by atoms with Crippen molar-refractivity contribution in [1.82, 2.24) is 4.98 Å². The van der Waals surface area contributed by atoms with E-state index in [4.69, 9.17) is 0 Å². The summed E-state index contributed by atoms with van der Waals surface area (Å²) >= 11 is 2.68. The lowest BCUT2D eigenvalue weighted by Crippen LogP contribution is -2.10. The number of aryl methyl sites for hydroxylation is 1. The van der Waals surface area contributed by atoms with Gasteiger partial charge in [-0.05, 0) is 18.9 Å². The second-order valence-electron chi connectivity index (χ2n) is 4.77. The maximum Gasteiger partial charge on any atom is 0.350 e. The van der Waals surface area contributed by atoms with E-state index in [1.807, 2.05) is 11.4 Å². The molecule has 0 aliphatic carbocycles. The average Bonchev–Trinajstić information content (AvgIpc) is 3.05. The van der Waals surface area contributed by atoms with Crippen molar-refractivity contribution >= 4 is 39.7 Å². The normalized spacial score (nSPS) is 10.7. The number of carbonyl (C=O) groups excluding carboxylic acids is 2. The molecular weight excluding hydrogens is 308 g/mol. The van der Waals surface area contributed by atoms with Gasteiger partial charge in [0.05, 0.1) is 18.4 Å². The summed E-state index contributed by atoms with van der Waals surface area (Å²) in [5, 5.41) is 4.94. The number of anilines is 1. The summed E-state index contributed by atoms with van der Waals surface area (Å²) in [6.45, 7) is 5.88. The van der Waals surface area contributed by atoms with E-state index >= 15 is 0 Å². The van der Waals surface area contributed by atoms with Gasteiger partial charge in [-0.2, -0.15) is 0 Å². The van der Waals surface area contributed by atoms with E-state index in [-0.39, 0.29) is 5.91 Å². The fourth-order valence-electron chi connectivity index (χ4n) is 1.68. The molecule has 0 unspecified atom stereocenters. The van der Waals surface area contributed by atoms with Crippen LogP contribution in [0.15, 0.2) is 11.4 Å². The highest BCUT2D eigenvalue weighted by Crippen LogP contribution is 2.26. The van der Waals surface area contributed by atoms with E-state index in [2.05, 4.69) is 28.9 Å². The molecule has 0 aliphatic heterocycles. The molecule has 21 heavy (non-hydrogen) atoms. The van der Waals surface area contributed by atoms with Crippen LogP contribution in [-0.2, 0) is 4.74 Å². The van der Waals surface area contributed by atoms with Gasteiger partial charge < -0.3 is 4.74 Å². The lowest BCUT2D eigenvalue weighted by atomic mass is 10.1. The Labute approximate surface area is 131 Å². The first kappa shape index (κ1) is 15.7. The summed E-state index contributed by atoms with van der Waals surface area (Å²) < 4.78 is 4.67. The first-order valence-electron chi connectivity index (χ1n) is 6.38. The van der Waals surface area contributed by atoms with Crippen molar-refractivity contribution in [3.05, 3.63) is 32.5 Å². The minimum absolute atomic E-state index is 0.219. The van der Waals surface area contributed by atoms with Gasteiger partial charge in [0.2, 0.25) is 0 Å². The Morgan fingerprint density at radius 3 is 2.67 bits per heavy atom. The number of carbonyl (C=O) groups is 2. The van der Waals surface area contributed by atoms with E-state index in [1.165, 1.54) is 7.11 Å². The predicted octanol–water partition coefficient (Wildman–Crippen LogP) is 3.68. The van der Waals surface area contributed by atoms with Crippen LogP contribution >= 0.6 is 22.7 Å². The van der Waals surface area contributed by atoms with Crippen LogP contribution in [0.4, 0.5) is 5.13 Å². The molecule has 1 N–H and O–H groups in total. The van der Waals surface area contributed by atoms with Gasteiger partial charge in [0.15, 0.2) is 5.13 Å². The molecule has 0 aromatic carbocycles. The van der Waals surface area contributed by atoms with Gasteiger partial charge in [-0.15, -0.1) is 11.3 Å². The zero-order chi connectivity index (χ0) is 15.6. The van der Waals surface area contributed by atoms with Gasteiger partial charge in [-0.3, -0.25) is 10.1 Å². The second kappa shape index (κ2) is 6.36. The van der Waals surface area contributed by atoms with Gasteiger partial charge in [-0.25, -0.2) is 9.78 Å². The van der Waals surface area contributed by atoms with Crippen molar-refractivity contribution in [3.8, 4) is 0 Å². The minimum atomic E-state index is -0.442. The van der Waals surface area contributed by atoms with Crippen LogP contribution in [0.25, 0.3) is 0 Å². The number of nitrogens with one attached hydrogen (secondary N) is 1. The largest absolute Gasteiger partial charge is 0.465 e. The third-order valence-corrected chi connectivity index (χ3v) is 5.12. The van der Waals surface area contributed by atoms with Crippen LogP contribution in [-0.4, -0.2) is 24.0 Å². The molecular formula is C14H16N2O3S2. The molecule has 1 amide bonds. The van der Waals surface area contributed by atoms with E-state index < -0.39 is 5.97 Å². The number of methoxy groups -OCH3 is 1. The van der Waals surface area contributed by atoms with Crippen LogP contribution < -0.4 is 5.32 Å². The van der Waals surface area contributed by atoms with E-state index in [1.54, 1.807) is 18.3 Å². The van der Waals surface area contributed by atoms with E-state index in [0.29, 0.717) is 27.2 Å². The third kappa shape index (κ3) is 3.48. The highest BCUT2D eigenvalue weighted by Gasteiger charge is 2.18. The Hall–Kier alpha value is -1.73. The second-order valence-corrected chi connectivity index (χ2v) is 6.71. The van der Waals surface area contributed by atoms with Crippen molar-refractivity contribution in [2.75, 3.05) is 12.4 Å². The summed E-state index contributed by atoms with van der Waals surface area (Å²) in [4.78, 5) is 29.4. The zero-order valence-corrected chi connectivity index (χ0v) is 13.9. The third-order valence-electron chi connectivity index (χ3n) is 2.84. The van der Waals surface area contributed by atoms with Crippen molar-refractivity contribution in [3.63, 3.8) is 0 Å². The Morgan fingerprint density at radius 2 is 2.10 bits per heavy atom. The molecule has 0 fully saturated rings. The fraction of sp³-hybridized carbons (Fsp3) is 0.357. The van der Waals surface area contributed by atoms with Gasteiger partial charge in [0.1, 0.15) is 4.88 Å². The Bertz CT molecular complexity index is 674. The number of hydrogen-bond acceptors (Lipinski definition) is 6. The number of esters is 1. The summed E-state index contributed by atoms with van der Waals surface area (Å²) in [5.74, 6) is -0.268.